The SMILES string of the molecule is CCC(C(=O)O)C(C)C.CCCCCC(C)C(=O)O. The van der Waals surface area contributed by atoms with E-state index < -0.39 is 11.9 Å². The van der Waals surface area contributed by atoms with Crippen molar-refractivity contribution in [2.75, 3.05) is 0 Å². The van der Waals surface area contributed by atoms with E-state index in [0.29, 0.717) is 0 Å². The number of rotatable bonds is 8. The summed E-state index contributed by atoms with van der Waals surface area (Å²) >= 11 is 0. The van der Waals surface area contributed by atoms with Gasteiger partial charge in [-0.3, -0.25) is 9.59 Å². The molecule has 0 saturated heterocycles. The lowest BCUT2D eigenvalue weighted by Gasteiger charge is -2.12. The van der Waals surface area contributed by atoms with Crippen molar-refractivity contribution in [2.45, 2.75) is 66.7 Å². The summed E-state index contributed by atoms with van der Waals surface area (Å²) in [6.45, 7) is 9.65. The minimum absolute atomic E-state index is 0.161. The fraction of sp³-hybridized carbons (Fsp3) is 0.867. The predicted molar refractivity (Wildman–Crippen MR) is 77.2 cm³/mol. The lowest BCUT2D eigenvalue weighted by atomic mass is 9.94. The first kappa shape index (κ1) is 20.3. The third kappa shape index (κ3) is 11.7. The number of hydrogen-bond donors (Lipinski definition) is 2. The van der Waals surface area contributed by atoms with E-state index in [1.54, 1.807) is 6.92 Å². The molecule has 0 radical (unpaired) electrons. The second kappa shape index (κ2) is 12.0. The van der Waals surface area contributed by atoms with E-state index in [1.165, 1.54) is 0 Å². The zero-order valence-electron chi connectivity index (χ0n) is 13.0. The van der Waals surface area contributed by atoms with Crippen molar-refractivity contribution in [3.63, 3.8) is 0 Å². The Labute approximate surface area is 117 Å². The molecule has 0 aliphatic heterocycles. The lowest BCUT2D eigenvalue weighted by molar-refractivity contribution is -0.143. The van der Waals surface area contributed by atoms with Gasteiger partial charge in [0.05, 0.1) is 11.8 Å². The Morgan fingerprint density at radius 3 is 1.68 bits per heavy atom. The maximum Gasteiger partial charge on any atom is 0.306 e. The highest BCUT2D eigenvalue weighted by Gasteiger charge is 2.17. The quantitative estimate of drug-likeness (QED) is 0.655. The highest BCUT2D eigenvalue weighted by Crippen LogP contribution is 2.13. The summed E-state index contributed by atoms with van der Waals surface area (Å²) in [5.74, 6) is -1.41. The van der Waals surface area contributed by atoms with Crippen LogP contribution in [-0.2, 0) is 9.59 Å². The molecular formula is C15H30O4. The molecule has 0 fully saturated rings. The van der Waals surface area contributed by atoms with Crippen LogP contribution in [0, 0.1) is 17.8 Å². The normalized spacial score (nSPS) is 13.4. The topological polar surface area (TPSA) is 74.6 Å². The predicted octanol–water partition coefficient (Wildman–Crippen LogP) is 4.04. The van der Waals surface area contributed by atoms with Crippen molar-refractivity contribution >= 4 is 11.9 Å². The van der Waals surface area contributed by atoms with Gasteiger partial charge in [-0.1, -0.05) is 53.9 Å². The summed E-state index contributed by atoms with van der Waals surface area (Å²) in [5, 5.41) is 17.0. The van der Waals surface area contributed by atoms with Crippen LogP contribution in [0.1, 0.15) is 66.7 Å². The molecule has 4 heteroatoms. The van der Waals surface area contributed by atoms with Crippen LogP contribution >= 0.6 is 0 Å². The van der Waals surface area contributed by atoms with Crippen molar-refractivity contribution in [3.05, 3.63) is 0 Å². The van der Waals surface area contributed by atoms with Crippen molar-refractivity contribution in [2.24, 2.45) is 17.8 Å². The van der Waals surface area contributed by atoms with Crippen molar-refractivity contribution in [1.29, 1.82) is 0 Å². The number of carboxylic acid groups (broad SMARTS) is 2. The monoisotopic (exact) mass is 274 g/mol. The van der Waals surface area contributed by atoms with Gasteiger partial charge in [0, 0.05) is 0 Å². The maximum atomic E-state index is 10.4. The Balaban J connectivity index is 0. The molecule has 19 heavy (non-hydrogen) atoms. The van der Waals surface area contributed by atoms with E-state index in [2.05, 4.69) is 6.92 Å². The van der Waals surface area contributed by atoms with E-state index >= 15 is 0 Å². The van der Waals surface area contributed by atoms with Crippen LogP contribution < -0.4 is 0 Å². The highest BCUT2D eigenvalue weighted by atomic mass is 16.4. The fourth-order valence-corrected chi connectivity index (χ4v) is 1.76. The molecule has 0 amide bonds. The Bertz CT molecular complexity index is 249. The molecule has 2 unspecified atom stereocenters. The molecule has 0 aromatic rings. The largest absolute Gasteiger partial charge is 0.481 e. The minimum atomic E-state index is -0.674. The summed E-state index contributed by atoms with van der Waals surface area (Å²) in [6, 6.07) is 0. The lowest BCUT2D eigenvalue weighted by Crippen LogP contribution is -2.18. The van der Waals surface area contributed by atoms with Crippen LogP contribution in [0.4, 0.5) is 0 Å². The summed E-state index contributed by atoms with van der Waals surface area (Å²) in [4.78, 5) is 20.7. The van der Waals surface area contributed by atoms with Crippen LogP contribution in [0.25, 0.3) is 0 Å². The fourth-order valence-electron chi connectivity index (χ4n) is 1.76. The summed E-state index contributed by atoms with van der Waals surface area (Å²) < 4.78 is 0. The molecule has 0 aliphatic carbocycles. The number of carboxylic acids is 2. The van der Waals surface area contributed by atoms with Crippen molar-refractivity contribution in [3.8, 4) is 0 Å². The van der Waals surface area contributed by atoms with E-state index in [-0.39, 0.29) is 17.8 Å². The van der Waals surface area contributed by atoms with Gasteiger partial charge in [-0.2, -0.15) is 0 Å². The summed E-state index contributed by atoms with van der Waals surface area (Å²) in [7, 11) is 0. The maximum absolute atomic E-state index is 10.4. The van der Waals surface area contributed by atoms with Crippen LogP contribution in [0.3, 0.4) is 0 Å². The molecule has 0 saturated carbocycles. The highest BCUT2D eigenvalue weighted by molar-refractivity contribution is 5.70. The van der Waals surface area contributed by atoms with Crippen molar-refractivity contribution < 1.29 is 19.8 Å². The third-order valence-corrected chi connectivity index (χ3v) is 3.22. The minimum Gasteiger partial charge on any atom is -0.481 e. The van der Waals surface area contributed by atoms with Gasteiger partial charge in [-0.05, 0) is 18.8 Å². The molecule has 0 rings (SSSR count). The van der Waals surface area contributed by atoms with Crippen LogP contribution in [0.2, 0.25) is 0 Å². The Kier molecular flexibility index (Phi) is 12.8. The molecule has 114 valence electrons. The molecule has 0 aliphatic rings. The number of hydrogen-bond acceptors (Lipinski definition) is 2. The van der Waals surface area contributed by atoms with Gasteiger partial charge >= 0.3 is 11.9 Å². The first-order valence-electron chi connectivity index (χ1n) is 7.23. The van der Waals surface area contributed by atoms with Gasteiger partial charge in [0.2, 0.25) is 0 Å². The zero-order chi connectivity index (χ0) is 15.4. The second-order valence-electron chi connectivity index (χ2n) is 5.33. The third-order valence-electron chi connectivity index (χ3n) is 3.22. The van der Waals surface area contributed by atoms with Gasteiger partial charge < -0.3 is 10.2 Å². The van der Waals surface area contributed by atoms with Gasteiger partial charge in [-0.25, -0.2) is 0 Å². The molecule has 4 nitrogen and oxygen atoms in total. The first-order chi connectivity index (χ1) is 8.77. The molecule has 0 spiro atoms. The number of carbonyl (C=O) groups is 2. The molecule has 2 N–H and O–H groups in total. The molecule has 0 bridgehead atoms. The average molecular weight is 274 g/mol. The average Bonchev–Trinajstić information content (AvgIpc) is 2.29. The Hall–Kier alpha value is -1.06. The molecular weight excluding hydrogens is 244 g/mol. The zero-order valence-corrected chi connectivity index (χ0v) is 13.0. The molecule has 2 atom stereocenters. The molecule has 0 heterocycles. The van der Waals surface area contributed by atoms with Gasteiger partial charge in [0.1, 0.15) is 0 Å². The van der Waals surface area contributed by atoms with Gasteiger partial charge in [0.15, 0.2) is 0 Å². The van der Waals surface area contributed by atoms with Gasteiger partial charge in [-0.15, -0.1) is 0 Å². The van der Waals surface area contributed by atoms with E-state index in [9.17, 15) is 9.59 Å². The standard InChI is InChI=1S/C8H16O2.C7H14O2/c1-3-4-5-6-7(2)8(9)10;1-4-6(5(2)3)7(8)9/h7H,3-6H2,1-2H3,(H,9,10);5-6H,4H2,1-3H3,(H,8,9). The van der Waals surface area contributed by atoms with Crippen LogP contribution in [0.15, 0.2) is 0 Å². The van der Waals surface area contributed by atoms with Gasteiger partial charge in [0.25, 0.3) is 0 Å². The van der Waals surface area contributed by atoms with E-state index in [4.69, 9.17) is 10.2 Å². The molecule has 0 aromatic heterocycles. The second-order valence-corrected chi connectivity index (χ2v) is 5.33. The first-order valence-corrected chi connectivity index (χ1v) is 7.23. The number of aliphatic carboxylic acids is 2. The Morgan fingerprint density at radius 2 is 1.47 bits per heavy atom. The van der Waals surface area contributed by atoms with Crippen LogP contribution in [0.5, 0.6) is 0 Å². The number of unbranched alkanes of at least 4 members (excludes halogenated alkanes) is 2. The van der Waals surface area contributed by atoms with E-state index in [0.717, 1.165) is 32.1 Å². The summed E-state index contributed by atoms with van der Waals surface area (Å²) in [6.07, 6.45) is 4.91. The smallest absolute Gasteiger partial charge is 0.306 e. The van der Waals surface area contributed by atoms with Crippen molar-refractivity contribution in [1.82, 2.24) is 0 Å². The summed E-state index contributed by atoms with van der Waals surface area (Å²) in [5.41, 5.74) is 0. The van der Waals surface area contributed by atoms with Crippen LogP contribution in [-0.4, -0.2) is 22.2 Å². The Morgan fingerprint density at radius 1 is 0.947 bits per heavy atom. The molecule has 0 aromatic carbocycles. The van der Waals surface area contributed by atoms with E-state index in [1.807, 2.05) is 20.8 Å².